The second kappa shape index (κ2) is 12.1. The predicted molar refractivity (Wildman–Crippen MR) is 201 cm³/mol. The van der Waals surface area contributed by atoms with Crippen LogP contribution < -0.4 is 0 Å². The molecule has 9 rings (SSSR count). The maximum atomic E-state index is 5.04. The Labute approximate surface area is 285 Å². The SMILES string of the molecule is c1ccc(-c2ccc(-c3ccc4c(-c5ccc(-c6nccs6)cn5)c5ccccc5c(-c5ccc(-c6nccs6)cn5)c4c3)cc2)cc1. The minimum absolute atomic E-state index is 0.923. The van der Waals surface area contributed by atoms with Gasteiger partial charge in [-0.05, 0) is 74.1 Å². The molecule has 0 fully saturated rings. The molecule has 4 nitrogen and oxygen atoms in total. The molecule has 226 valence electrons. The molecule has 0 spiro atoms. The van der Waals surface area contributed by atoms with Gasteiger partial charge in [0.15, 0.2) is 0 Å². The molecule has 0 aliphatic heterocycles. The molecule has 0 unspecified atom stereocenters. The number of nitrogens with zero attached hydrogens (tertiary/aromatic N) is 4. The molecule has 0 radical (unpaired) electrons. The van der Waals surface area contributed by atoms with E-state index in [0.29, 0.717) is 0 Å². The number of hydrogen-bond acceptors (Lipinski definition) is 6. The zero-order valence-electron chi connectivity index (χ0n) is 25.6. The van der Waals surface area contributed by atoms with Gasteiger partial charge in [0.1, 0.15) is 10.0 Å². The van der Waals surface area contributed by atoms with Crippen LogP contribution in [0.5, 0.6) is 0 Å². The van der Waals surface area contributed by atoms with Gasteiger partial charge < -0.3 is 0 Å². The second-order valence-corrected chi connectivity index (χ2v) is 13.3. The Hall–Kier alpha value is -5.82. The van der Waals surface area contributed by atoms with Crippen LogP contribution in [0, 0.1) is 0 Å². The Balaban J connectivity index is 1.26. The van der Waals surface area contributed by atoms with Gasteiger partial charge >= 0.3 is 0 Å². The van der Waals surface area contributed by atoms with Crippen molar-refractivity contribution in [2.24, 2.45) is 0 Å². The summed E-state index contributed by atoms with van der Waals surface area (Å²) in [6.07, 6.45) is 7.54. The fourth-order valence-electron chi connectivity index (χ4n) is 6.46. The van der Waals surface area contributed by atoms with Crippen LogP contribution in [0.15, 0.2) is 157 Å². The molecule has 6 heteroatoms. The van der Waals surface area contributed by atoms with Gasteiger partial charge in [-0.3, -0.25) is 9.97 Å². The summed E-state index contributed by atoms with van der Waals surface area (Å²) in [4.78, 5) is 19.0. The van der Waals surface area contributed by atoms with E-state index < -0.39 is 0 Å². The van der Waals surface area contributed by atoms with E-state index in [4.69, 9.17) is 9.97 Å². The number of aromatic nitrogens is 4. The van der Waals surface area contributed by atoms with Crippen molar-refractivity contribution in [3.8, 4) is 65.9 Å². The molecule has 0 saturated heterocycles. The maximum Gasteiger partial charge on any atom is 0.124 e. The molecular weight excluding hydrogens is 625 g/mol. The summed E-state index contributed by atoms with van der Waals surface area (Å²) in [6.45, 7) is 0. The number of fused-ring (bicyclic) bond motifs is 2. The fourth-order valence-corrected chi connectivity index (χ4v) is 7.72. The van der Waals surface area contributed by atoms with E-state index in [-0.39, 0.29) is 0 Å². The Bertz CT molecular complexity index is 2510. The molecule has 4 aromatic heterocycles. The molecule has 0 atom stereocenters. The van der Waals surface area contributed by atoms with Gasteiger partial charge in [0.05, 0.1) is 11.4 Å². The minimum atomic E-state index is 0.923. The fraction of sp³-hybridized carbons (Fsp3) is 0. The molecule has 0 N–H and O–H groups in total. The summed E-state index contributed by atoms with van der Waals surface area (Å²) >= 11 is 3.24. The van der Waals surface area contributed by atoms with E-state index in [1.165, 1.54) is 11.1 Å². The van der Waals surface area contributed by atoms with Gasteiger partial charge in [-0.25, -0.2) is 9.97 Å². The van der Waals surface area contributed by atoms with Crippen LogP contribution in [-0.4, -0.2) is 19.9 Å². The third-order valence-electron chi connectivity index (χ3n) is 8.75. The molecule has 0 amide bonds. The van der Waals surface area contributed by atoms with E-state index in [1.54, 1.807) is 22.7 Å². The molecule has 0 aliphatic carbocycles. The summed E-state index contributed by atoms with van der Waals surface area (Å²) in [6, 6.07) is 43.2. The average Bonchev–Trinajstić information content (AvgIpc) is 3.91. The molecule has 0 bridgehead atoms. The summed E-state index contributed by atoms with van der Waals surface area (Å²) in [5.74, 6) is 0. The Kier molecular flexibility index (Phi) is 7.15. The van der Waals surface area contributed by atoms with Crippen LogP contribution in [0.3, 0.4) is 0 Å². The summed E-state index contributed by atoms with van der Waals surface area (Å²) in [5.41, 5.74) is 10.8. The van der Waals surface area contributed by atoms with Gasteiger partial charge in [0.25, 0.3) is 0 Å². The van der Waals surface area contributed by atoms with Crippen LogP contribution in [0.2, 0.25) is 0 Å². The van der Waals surface area contributed by atoms with Crippen molar-refractivity contribution in [3.63, 3.8) is 0 Å². The van der Waals surface area contributed by atoms with Crippen molar-refractivity contribution in [2.45, 2.75) is 0 Å². The van der Waals surface area contributed by atoms with Crippen molar-refractivity contribution < 1.29 is 0 Å². The zero-order valence-corrected chi connectivity index (χ0v) is 27.2. The van der Waals surface area contributed by atoms with Gasteiger partial charge in [0.2, 0.25) is 0 Å². The second-order valence-electron chi connectivity index (χ2n) is 11.5. The Morgan fingerprint density at radius 1 is 0.354 bits per heavy atom. The lowest BCUT2D eigenvalue weighted by molar-refractivity contribution is 1.31. The third-order valence-corrected chi connectivity index (χ3v) is 10.4. The number of thiazole rings is 2. The van der Waals surface area contributed by atoms with Crippen LogP contribution in [0.25, 0.3) is 87.5 Å². The smallest absolute Gasteiger partial charge is 0.124 e. The van der Waals surface area contributed by atoms with Crippen molar-refractivity contribution in [1.29, 1.82) is 0 Å². The van der Waals surface area contributed by atoms with Crippen LogP contribution in [0.4, 0.5) is 0 Å². The molecule has 0 aliphatic rings. The van der Waals surface area contributed by atoms with Crippen molar-refractivity contribution >= 4 is 44.2 Å². The normalized spacial score (nSPS) is 11.3. The molecular formula is C42H26N4S2. The average molecular weight is 651 g/mol. The van der Waals surface area contributed by atoms with Crippen molar-refractivity contribution in [1.82, 2.24) is 19.9 Å². The topological polar surface area (TPSA) is 51.6 Å². The summed E-state index contributed by atoms with van der Waals surface area (Å²) < 4.78 is 0. The number of benzene rings is 5. The van der Waals surface area contributed by atoms with Crippen molar-refractivity contribution in [3.05, 3.63) is 157 Å². The lowest BCUT2D eigenvalue weighted by atomic mass is 9.87. The molecule has 48 heavy (non-hydrogen) atoms. The van der Waals surface area contributed by atoms with Gasteiger partial charge in [-0.2, -0.15) is 0 Å². The monoisotopic (exact) mass is 650 g/mol. The highest BCUT2D eigenvalue weighted by Gasteiger charge is 2.19. The van der Waals surface area contributed by atoms with E-state index >= 15 is 0 Å². The first kappa shape index (κ1) is 28.4. The number of rotatable bonds is 6. The van der Waals surface area contributed by atoms with E-state index in [1.807, 2.05) is 35.5 Å². The van der Waals surface area contributed by atoms with Crippen LogP contribution in [-0.2, 0) is 0 Å². The standard InChI is InChI=1S/C42H26N4S2/c1-2-6-27(7-3-1)28-10-12-29(13-11-28)30-14-17-35-36(24-30)40(38-19-16-32(26-46-38)42-44-21-23-48-42)34-9-5-4-8-33(34)39(35)37-18-15-31(25-45-37)41-43-20-22-47-41/h1-26H. The molecule has 5 aromatic carbocycles. The summed E-state index contributed by atoms with van der Waals surface area (Å²) in [7, 11) is 0. The van der Waals surface area contributed by atoms with Gasteiger partial charge in [-0.15, -0.1) is 22.7 Å². The van der Waals surface area contributed by atoms with E-state index in [9.17, 15) is 0 Å². The summed E-state index contributed by atoms with van der Waals surface area (Å²) in [5, 5.41) is 10.5. The van der Waals surface area contributed by atoms with Gasteiger partial charge in [0, 0.05) is 57.8 Å². The first-order valence-corrected chi connectivity index (χ1v) is 17.4. The number of hydrogen-bond donors (Lipinski definition) is 0. The van der Waals surface area contributed by atoms with E-state index in [2.05, 4.69) is 131 Å². The lowest BCUT2D eigenvalue weighted by Crippen LogP contribution is -1.94. The van der Waals surface area contributed by atoms with Crippen molar-refractivity contribution in [2.75, 3.05) is 0 Å². The van der Waals surface area contributed by atoms with Crippen LogP contribution in [0.1, 0.15) is 0 Å². The first-order chi connectivity index (χ1) is 23.8. The Morgan fingerprint density at radius 2 is 0.812 bits per heavy atom. The highest BCUT2D eigenvalue weighted by atomic mass is 32.1. The predicted octanol–water partition coefficient (Wildman–Crippen LogP) is 11.7. The third kappa shape index (κ3) is 5.08. The van der Waals surface area contributed by atoms with Crippen LogP contribution >= 0.6 is 22.7 Å². The largest absolute Gasteiger partial charge is 0.255 e. The molecule has 0 saturated carbocycles. The first-order valence-electron chi connectivity index (χ1n) is 15.7. The molecule has 4 heterocycles. The minimum Gasteiger partial charge on any atom is -0.255 e. The zero-order chi connectivity index (χ0) is 31.9. The van der Waals surface area contributed by atoms with Gasteiger partial charge in [-0.1, -0.05) is 91.0 Å². The maximum absolute atomic E-state index is 5.04. The lowest BCUT2D eigenvalue weighted by Gasteiger charge is -2.18. The highest BCUT2D eigenvalue weighted by Crippen LogP contribution is 2.44. The quantitative estimate of drug-likeness (QED) is 0.168. The number of pyridine rings is 2. The molecule has 9 aromatic rings. The Morgan fingerprint density at radius 3 is 1.33 bits per heavy atom. The highest BCUT2D eigenvalue weighted by molar-refractivity contribution is 7.13. The van der Waals surface area contributed by atoms with E-state index in [0.717, 1.165) is 76.3 Å².